The molecule has 114 valence electrons. The largest absolute Gasteiger partial charge is 0.348 e. The minimum Gasteiger partial charge on any atom is -0.348 e. The Balaban J connectivity index is 2.62. The average molecular weight is 291 g/mol. The minimum absolute atomic E-state index is 0.357. The van der Waals surface area contributed by atoms with Crippen molar-refractivity contribution >= 4 is 23.4 Å². The lowest BCUT2D eigenvalue weighted by Gasteiger charge is -2.15. The fraction of sp³-hybridized carbons (Fsp3) is 0.400. The third kappa shape index (κ3) is 4.91. The molecule has 0 unspecified atom stereocenters. The first kappa shape index (κ1) is 16.7. The maximum atomic E-state index is 12.0. The third-order valence-corrected chi connectivity index (χ3v) is 2.92. The molecule has 0 fully saturated rings. The number of anilines is 1. The first-order chi connectivity index (χ1) is 9.85. The molecule has 0 saturated carbocycles. The van der Waals surface area contributed by atoms with E-state index in [1.54, 1.807) is 13.0 Å². The van der Waals surface area contributed by atoms with Crippen LogP contribution in [0.4, 0.5) is 5.69 Å². The number of aryl methyl sites for hydroxylation is 2. The highest BCUT2D eigenvalue weighted by atomic mass is 16.2. The molecule has 1 aromatic rings. The van der Waals surface area contributed by atoms with Gasteiger partial charge in [-0.3, -0.25) is 14.4 Å². The summed E-state index contributed by atoms with van der Waals surface area (Å²) in [6.07, 6.45) is 0. The SMILES string of the molecule is CCNC(=O)C(=O)N[C@H](C)C(=O)Nc1ccc(C)cc1C. The molecule has 0 radical (unpaired) electrons. The number of carbonyl (C=O) groups excluding carboxylic acids is 3. The predicted molar refractivity (Wildman–Crippen MR) is 80.8 cm³/mol. The zero-order valence-electron chi connectivity index (χ0n) is 12.7. The zero-order valence-corrected chi connectivity index (χ0v) is 12.7. The Morgan fingerprint density at radius 3 is 2.38 bits per heavy atom. The van der Waals surface area contributed by atoms with E-state index >= 15 is 0 Å². The first-order valence-electron chi connectivity index (χ1n) is 6.82. The van der Waals surface area contributed by atoms with E-state index in [-0.39, 0.29) is 5.91 Å². The van der Waals surface area contributed by atoms with Crippen LogP contribution < -0.4 is 16.0 Å². The van der Waals surface area contributed by atoms with Crippen LogP contribution in [0.1, 0.15) is 25.0 Å². The summed E-state index contributed by atoms with van der Waals surface area (Å²) in [5.41, 5.74) is 2.72. The van der Waals surface area contributed by atoms with Gasteiger partial charge in [-0.25, -0.2) is 0 Å². The van der Waals surface area contributed by atoms with E-state index in [1.165, 1.54) is 6.92 Å². The van der Waals surface area contributed by atoms with Gasteiger partial charge in [0.15, 0.2) is 0 Å². The quantitative estimate of drug-likeness (QED) is 0.720. The van der Waals surface area contributed by atoms with Gasteiger partial charge in [0, 0.05) is 12.2 Å². The van der Waals surface area contributed by atoms with Gasteiger partial charge in [0.2, 0.25) is 5.91 Å². The predicted octanol–water partition coefficient (Wildman–Crippen LogP) is 0.883. The Kier molecular flexibility index (Phi) is 5.90. The number of carbonyl (C=O) groups is 3. The van der Waals surface area contributed by atoms with Crippen molar-refractivity contribution in [3.63, 3.8) is 0 Å². The van der Waals surface area contributed by atoms with E-state index in [2.05, 4.69) is 16.0 Å². The minimum atomic E-state index is -0.819. The second-order valence-electron chi connectivity index (χ2n) is 4.86. The van der Waals surface area contributed by atoms with E-state index in [0.717, 1.165) is 11.1 Å². The summed E-state index contributed by atoms with van der Waals surface area (Å²) in [7, 11) is 0. The normalized spacial score (nSPS) is 11.4. The summed E-state index contributed by atoms with van der Waals surface area (Å²) in [5.74, 6) is -1.94. The number of hydrogen-bond donors (Lipinski definition) is 3. The van der Waals surface area contributed by atoms with Crippen molar-refractivity contribution in [1.29, 1.82) is 0 Å². The molecule has 0 aliphatic heterocycles. The topological polar surface area (TPSA) is 87.3 Å². The molecule has 1 aromatic carbocycles. The van der Waals surface area contributed by atoms with Gasteiger partial charge < -0.3 is 16.0 Å². The van der Waals surface area contributed by atoms with Crippen LogP contribution in [0.5, 0.6) is 0 Å². The van der Waals surface area contributed by atoms with Gasteiger partial charge in [0.05, 0.1) is 0 Å². The van der Waals surface area contributed by atoms with Gasteiger partial charge in [-0.05, 0) is 39.3 Å². The monoisotopic (exact) mass is 291 g/mol. The molecule has 1 atom stereocenters. The fourth-order valence-corrected chi connectivity index (χ4v) is 1.76. The van der Waals surface area contributed by atoms with Gasteiger partial charge >= 0.3 is 11.8 Å². The first-order valence-corrected chi connectivity index (χ1v) is 6.82. The fourth-order valence-electron chi connectivity index (χ4n) is 1.76. The van der Waals surface area contributed by atoms with Gasteiger partial charge in [0.1, 0.15) is 6.04 Å². The molecule has 0 spiro atoms. The molecule has 0 saturated heterocycles. The molecule has 21 heavy (non-hydrogen) atoms. The van der Waals surface area contributed by atoms with Crippen molar-refractivity contribution in [3.05, 3.63) is 29.3 Å². The van der Waals surface area contributed by atoms with Crippen LogP contribution in [0.25, 0.3) is 0 Å². The van der Waals surface area contributed by atoms with Crippen LogP contribution in [0, 0.1) is 13.8 Å². The second kappa shape index (κ2) is 7.42. The molecule has 3 amide bonds. The van der Waals surface area contributed by atoms with E-state index in [0.29, 0.717) is 12.2 Å². The van der Waals surface area contributed by atoms with E-state index in [9.17, 15) is 14.4 Å². The van der Waals surface area contributed by atoms with Crippen LogP contribution in [0.2, 0.25) is 0 Å². The Morgan fingerprint density at radius 1 is 1.14 bits per heavy atom. The smallest absolute Gasteiger partial charge is 0.309 e. The van der Waals surface area contributed by atoms with E-state index in [1.807, 2.05) is 26.0 Å². The third-order valence-electron chi connectivity index (χ3n) is 2.92. The highest BCUT2D eigenvalue weighted by Gasteiger charge is 2.20. The Labute approximate surface area is 124 Å². The number of nitrogens with one attached hydrogen (secondary N) is 3. The van der Waals surface area contributed by atoms with Crippen molar-refractivity contribution in [3.8, 4) is 0 Å². The molecule has 0 aliphatic carbocycles. The highest BCUT2D eigenvalue weighted by molar-refractivity contribution is 6.35. The van der Waals surface area contributed by atoms with Gasteiger partial charge in [-0.2, -0.15) is 0 Å². The number of likely N-dealkylation sites (N-methyl/N-ethyl adjacent to an activating group) is 1. The van der Waals surface area contributed by atoms with Crippen molar-refractivity contribution in [1.82, 2.24) is 10.6 Å². The number of benzene rings is 1. The Morgan fingerprint density at radius 2 is 1.81 bits per heavy atom. The van der Waals surface area contributed by atoms with E-state index < -0.39 is 17.9 Å². The van der Waals surface area contributed by atoms with Crippen molar-refractivity contribution in [2.45, 2.75) is 33.7 Å². The van der Waals surface area contributed by atoms with Crippen molar-refractivity contribution < 1.29 is 14.4 Å². The lowest BCUT2D eigenvalue weighted by Crippen LogP contribution is -2.47. The van der Waals surface area contributed by atoms with Crippen LogP contribution in [0.3, 0.4) is 0 Å². The molecular formula is C15H21N3O3. The van der Waals surface area contributed by atoms with Crippen LogP contribution >= 0.6 is 0 Å². The van der Waals surface area contributed by atoms with Crippen LogP contribution in [-0.2, 0) is 14.4 Å². The lowest BCUT2D eigenvalue weighted by atomic mass is 10.1. The lowest BCUT2D eigenvalue weighted by molar-refractivity contribution is -0.140. The summed E-state index contributed by atoms with van der Waals surface area (Å²) >= 11 is 0. The summed E-state index contributed by atoms with van der Waals surface area (Å²) in [5, 5.41) is 7.45. The summed E-state index contributed by atoms with van der Waals surface area (Å²) in [6, 6.07) is 4.84. The molecule has 0 heterocycles. The standard InChI is InChI=1S/C15H21N3O3/c1-5-16-14(20)15(21)17-11(4)13(19)18-12-7-6-9(2)8-10(12)3/h6-8,11H,5H2,1-4H3,(H,16,20)(H,17,21)(H,18,19)/t11-/m1/s1. The van der Waals surface area contributed by atoms with E-state index in [4.69, 9.17) is 0 Å². The summed E-state index contributed by atoms with van der Waals surface area (Å²) < 4.78 is 0. The molecule has 0 bridgehead atoms. The highest BCUT2D eigenvalue weighted by Crippen LogP contribution is 2.16. The number of hydrogen-bond acceptors (Lipinski definition) is 3. The number of rotatable bonds is 4. The molecule has 3 N–H and O–H groups in total. The molecule has 0 aliphatic rings. The van der Waals surface area contributed by atoms with Crippen LogP contribution in [-0.4, -0.2) is 30.3 Å². The maximum absolute atomic E-state index is 12.0. The van der Waals surface area contributed by atoms with Crippen molar-refractivity contribution in [2.24, 2.45) is 0 Å². The van der Waals surface area contributed by atoms with Gasteiger partial charge in [0.25, 0.3) is 0 Å². The molecule has 6 heteroatoms. The molecule has 0 aromatic heterocycles. The van der Waals surface area contributed by atoms with Crippen molar-refractivity contribution in [2.75, 3.05) is 11.9 Å². The average Bonchev–Trinajstić information content (AvgIpc) is 2.41. The molecule has 6 nitrogen and oxygen atoms in total. The Bertz CT molecular complexity index is 555. The molecule has 1 rings (SSSR count). The zero-order chi connectivity index (χ0) is 16.0. The number of amides is 3. The molecular weight excluding hydrogens is 270 g/mol. The second-order valence-corrected chi connectivity index (χ2v) is 4.86. The maximum Gasteiger partial charge on any atom is 0.309 e. The Hall–Kier alpha value is -2.37. The summed E-state index contributed by atoms with van der Waals surface area (Å²) in [6.45, 7) is 7.45. The summed E-state index contributed by atoms with van der Waals surface area (Å²) in [4.78, 5) is 34.8. The van der Waals surface area contributed by atoms with Crippen LogP contribution in [0.15, 0.2) is 18.2 Å². The van der Waals surface area contributed by atoms with Gasteiger partial charge in [-0.15, -0.1) is 0 Å². The van der Waals surface area contributed by atoms with Gasteiger partial charge in [-0.1, -0.05) is 17.7 Å².